The van der Waals surface area contributed by atoms with Gasteiger partial charge in [0.15, 0.2) is 22.9 Å². The molecule has 6 aromatic carbocycles. The molecule has 3 aliphatic rings. The predicted octanol–water partition coefficient (Wildman–Crippen LogP) is 12.1. The summed E-state index contributed by atoms with van der Waals surface area (Å²) in [6.07, 6.45) is 10.0. The molecule has 0 unspecified atom stereocenters. The number of hydrogen-bond donors (Lipinski definition) is 8. The number of benzene rings is 6. The van der Waals surface area contributed by atoms with Crippen LogP contribution in [0.3, 0.4) is 0 Å². The average Bonchev–Trinajstić information content (AvgIpc) is 1.67. The maximum atomic E-state index is 13.6. The number of amides is 8. The van der Waals surface area contributed by atoms with Crippen LogP contribution in [0.1, 0.15) is 114 Å². The van der Waals surface area contributed by atoms with Crippen LogP contribution in [-0.4, -0.2) is 138 Å². The van der Waals surface area contributed by atoms with Crippen molar-refractivity contribution in [1.29, 1.82) is 0 Å². The number of nitrogens with one attached hydrogen (secondary N) is 8. The largest absolute Gasteiger partial charge is 0.496 e. The monoisotopic (exact) mass is 1510 g/mol. The van der Waals surface area contributed by atoms with Crippen LogP contribution >= 0.6 is 0 Å². The van der Waals surface area contributed by atoms with Crippen molar-refractivity contribution in [2.24, 2.45) is 0 Å². The number of fused-ring (bicyclic) bond motifs is 3. The van der Waals surface area contributed by atoms with Crippen LogP contribution < -0.4 is 31.3 Å². The second-order valence-corrected chi connectivity index (χ2v) is 26.7. The molecule has 0 saturated heterocycles. The smallest absolute Gasteiger partial charge is 0.276 e. The van der Waals surface area contributed by atoms with E-state index < -0.39 is 5.91 Å². The lowest BCUT2D eigenvalue weighted by atomic mass is 10.1. The number of allylic oxidation sites excluding steroid dienone is 1. The Balaban J connectivity index is 0.000000148. The summed E-state index contributed by atoms with van der Waals surface area (Å²) in [5.41, 5.74) is 11.9. The lowest BCUT2D eigenvalue weighted by Crippen LogP contribution is -2.39. The second kappa shape index (κ2) is 35.1. The van der Waals surface area contributed by atoms with Crippen molar-refractivity contribution in [3.8, 4) is 17.1 Å². The van der Waals surface area contributed by atoms with Crippen LogP contribution in [0, 0.1) is 6.92 Å². The summed E-state index contributed by atoms with van der Waals surface area (Å²) >= 11 is 0. The number of anilines is 5. The number of carbonyl (C=O) groups excluding carboxylic acids is 9. The van der Waals surface area contributed by atoms with E-state index in [2.05, 4.69) is 61.3 Å². The SMILES string of the molecule is C=CC(=O)Cc1cc(NC(=O)c2nc(Cc3ccccc3)n3c2CN(C(=O)c2ccc[nH]2)CC3)ccc1OC.C=CC(=O)Nc1ccc(NC(=O)c2nc(Cc3ccccc3)n3c2CN(C(=O)c2ccc[nH]2)CC3)cc1.C=CC(=O)Nc1cccc(-c2nc(C(=O)Nc3ccc(C)cc3)c3n2CCN(C(=O)c2ccc[nH]2)C3)c1. The quantitative estimate of drug-likeness (QED) is 0.0293. The maximum Gasteiger partial charge on any atom is 0.276 e. The highest BCUT2D eigenvalue weighted by molar-refractivity contribution is 6.07. The molecule has 0 saturated carbocycles. The Bertz CT molecular complexity index is 5530. The lowest BCUT2D eigenvalue weighted by molar-refractivity contribution is -0.114. The third kappa shape index (κ3) is 18.2. The normalized spacial score (nSPS) is 12.5. The molecule has 0 fully saturated rings. The highest BCUT2D eigenvalue weighted by Gasteiger charge is 2.35. The summed E-state index contributed by atoms with van der Waals surface area (Å²) in [7, 11) is 1.53. The minimum atomic E-state index is -0.390. The van der Waals surface area contributed by atoms with E-state index >= 15 is 0 Å². The summed E-state index contributed by atoms with van der Waals surface area (Å²) in [5.74, 6) is 0.390. The number of ether oxygens (including phenoxy) is 1. The minimum absolute atomic E-state index is 0.104. The van der Waals surface area contributed by atoms with Gasteiger partial charge in [-0.05, 0) is 139 Å². The van der Waals surface area contributed by atoms with Gasteiger partial charge in [-0.2, -0.15) is 0 Å². The number of nitrogens with zero attached hydrogens (tertiary/aromatic N) is 9. The number of ketones is 1. The summed E-state index contributed by atoms with van der Waals surface area (Å²) in [6, 6.07) is 57.1. The first-order valence-corrected chi connectivity index (χ1v) is 36.4. The number of carbonyl (C=O) groups is 9. The lowest BCUT2D eigenvalue weighted by Gasteiger charge is -2.29. The average molecular weight is 1510 g/mol. The molecule has 8 N–H and O–H groups in total. The fourth-order valence-electron chi connectivity index (χ4n) is 13.5. The summed E-state index contributed by atoms with van der Waals surface area (Å²) in [5, 5.41) is 14.2. The van der Waals surface area contributed by atoms with Crippen LogP contribution in [0.4, 0.5) is 28.4 Å². The molecule has 0 aliphatic carbocycles. The Morgan fingerprint density at radius 2 is 0.832 bits per heavy atom. The van der Waals surface area contributed by atoms with E-state index in [1.165, 1.54) is 25.3 Å². The predicted molar refractivity (Wildman–Crippen MR) is 428 cm³/mol. The van der Waals surface area contributed by atoms with Crippen molar-refractivity contribution >= 4 is 81.5 Å². The van der Waals surface area contributed by atoms with Gasteiger partial charge in [-0.25, -0.2) is 15.0 Å². The van der Waals surface area contributed by atoms with Crippen LogP contribution in [0.25, 0.3) is 11.4 Å². The Morgan fingerprint density at radius 3 is 1.27 bits per heavy atom. The van der Waals surface area contributed by atoms with Gasteiger partial charge in [-0.15, -0.1) is 0 Å². The zero-order chi connectivity index (χ0) is 79.1. The topological polar surface area (TPSA) is 334 Å². The van der Waals surface area contributed by atoms with E-state index in [-0.39, 0.29) is 84.6 Å². The number of hydrogen-bond acceptors (Lipinski definition) is 13. The molecular formula is C86H81N17O10. The molecule has 0 radical (unpaired) electrons. The standard InChI is InChI=1S/C30H29N5O4.2C28H26N6O3/c1-3-23(36)18-21-17-22(11-12-26(21)39-2)32-29(37)28-25-19-34(30(38)24-10-7-13-31-24)14-15-35(25)27(33-28)16-20-8-5-4-6-9-20;1-3-24(35)30-21-7-4-6-19(16-21)26-32-25(27(36)31-20-11-9-18(2)10-12-20)23-17-33(14-15-34(23)26)28(37)22-8-5-13-29-22;1-2-25(35)30-20-10-12-21(13-11-20)31-27(36)26-23-18-33(28(37)22-9-6-14-29-22)15-16-34(23)24(32-26)17-19-7-4-3-5-8-19/h3-13,17,31H,1,14-16,18-19H2,2H3,(H,32,37);3-13,16,29H,1,14-15,17H2,2H3,(H,30,35)(H,31,36);2-14,29H,1,15-18H2,(H,30,35)(H,31,36). The van der Waals surface area contributed by atoms with Crippen LogP contribution in [0.2, 0.25) is 0 Å². The van der Waals surface area contributed by atoms with E-state index in [0.29, 0.717) is 138 Å². The van der Waals surface area contributed by atoms with Crippen molar-refractivity contribution in [2.75, 3.05) is 53.3 Å². The fraction of sp³-hybridized carbons (Fsp3) is 0.163. The molecule has 0 spiro atoms. The molecule has 15 rings (SSSR count). The van der Waals surface area contributed by atoms with Gasteiger partial charge in [0.2, 0.25) is 11.8 Å². The molecular weight excluding hydrogens is 1430 g/mol. The first kappa shape index (κ1) is 76.4. The van der Waals surface area contributed by atoms with Crippen molar-refractivity contribution in [1.82, 2.24) is 58.3 Å². The first-order valence-electron chi connectivity index (χ1n) is 36.4. The zero-order valence-corrected chi connectivity index (χ0v) is 62.1. The third-order valence-electron chi connectivity index (χ3n) is 19.2. The van der Waals surface area contributed by atoms with Gasteiger partial charge in [-0.3, -0.25) is 43.2 Å². The number of aromatic amines is 3. The van der Waals surface area contributed by atoms with E-state index in [4.69, 9.17) is 19.7 Å². The van der Waals surface area contributed by atoms with Crippen molar-refractivity contribution in [3.05, 3.63) is 330 Å². The number of H-pyrrole nitrogens is 3. The highest BCUT2D eigenvalue weighted by atomic mass is 16.5. The van der Waals surface area contributed by atoms with Crippen LogP contribution in [0.5, 0.6) is 5.75 Å². The molecule has 27 nitrogen and oxygen atoms in total. The Labute approximate surface area is 650 Å². The van der Waals surface area contributed by atoms with Gasteiger partial charge in [-0.1, -0.05) is 110 Å². The van der Waals surface area contributed by atoms with Crippen LogP contribution in [-0.2, 0) is 72.9 Å². The summed E-state index contributed by atoms with van der Waals surface area (Å²) in [6.45, 7) is 16.2. The van der Waals surface area contributed by atoms with E-state index in [0.717, 1.165) is 33.9 Å². The van der Waals surface area contributed by atoms with E-state index in [1.807, 2.05) is 118 Å². The zero-order valence-electron chi connectivity index (χ0n) is 62.1. The van der Waals surface area contributed by atoms with Crippen LogP contribution in [0.15, 0.2) is 245 Å². The number of methoxy groups -OCH3 is 1. The summed E-state index contributed by atoms with van der Waals surface area (Å²) in [4.78, 5) is 143. The molecule has 9 heterocycles. The molecule has 12 aromatic rings. The maximum absolute atomic E-state index is 13.6. The van der Waals surface area contributed by atoms with Gasteiger partial charge < -0.3 is 74.7 Å². The molecule has 27 heteroatoms. The Hall–Kier alpha value is -14.8. The molecule has 3 aliphatic heterocycles. The number of aryl methyl sites for hydroxylation is 1. The van der Waals surface area contributed by atoms with Gasteiger partial charge in [0.05, 0.1) is 43.8 Å². The third-order valence-corrected chi connectivity index (χ3v) is 19.2. The van der Waals surface area contributed by atoms with Crippen molar-refractivity contribution in [3.63, 3.8) is 0 Å². The highest BCUT2D eigenvalue weighted by Crippen LogP contribution is 2.32. The molecule has 113 heavy (non-hydrogen) atoms. The van der Waals surface area contributed by atoms with Gasteiger partial charge in [0.25, 0.3) is 35.4 Å². The molecule has 0 atom stereocenters. The Kier molecular flexibility index (Phi) is 23.7. The number of rotatable bonds is 22. The van der Waals surface area contributed by atoms with Gasteiger partial charge in [0, 0.05) is 117 Å². The fourth-order valence-corrected chi connectivity index (χ4v) is 13.5. The first-order chi connectivity index (χ1) is 54.9. The van der Waals surface area contributed by atoms with Crippen molar-refractivity contribution < 1.29 is 47.9 Å². The number of aromatic nitrogens is 9. The van der Waals surface area contributed by atoms with Gasteiger partial charge in [0.1, 0.15) is 40.3 Å². The molecule has 6 aromatic heterocycles. The van der Waals surface area contributed by atoms with E-state index in [9.17, 15) is 43.2 Å². The number of imidazole rings is 3. The van der Waals surface area contributed by atoms with Crippen molar-refractivity contribution in [2.45, 2.75) is 65.5 Å². The minimum Gasteiger partial charge on any atom is -0.496 e. The molecule has 570 valence electrons. The van der Waals surface area contributed by atoms with Gasteiger partial charge >= 0.3 is 0 Å². The Morgan fingerprint density at radius 1 is 0.425 bits per heavy atom. The molecule has 0 bridgehead atoms. The van der Waals surface area contributed by atoms with E-state index in [1.54, 1.807) is 124 Å². The molecule has 8 amide bonds. The second-order valence-electron chi connectivity index (χ2n) is 26.7. The summed E-state index contributed by atoms with van der Waals surface area (Å²) < 4.78 is 11.4.